The summed E-state index contributed by atoms with van der Waals surface area (Å²) in [4.78, 5) is 2.00. The van der Waals surface area contributed by atoms with Crippen molar-refractivity contribution in [1.82, 2.24) is 4.90 Å². The van der Waals surface area contributed by atoms with Crippen LogP contribution in [0.2, 0.25) is 0 Å². The van der Waals surface area contributed by atoms with Crippen molar-refractivity contribution < 1.29 is 6.48 Å². The Morgan fingerprint density at radius 3 is 3.38 bits per heavy atom. The quantitative estimate of drug-likeness (QED) is 0.524. The summed E-state index contributed by atoms with van der Waals surface area (Å²) in [6, 6.07) is 0.280. The zero-order valence-electron chi connectivity index (χ0n) is 6.01. The number of hydrogen-bond donors (Lipinski definition) is 1. The molecule has 1 rings (SSSR count). The second-order valence-electron chi connectivity index (χ2n) is 2.29. The van der Waals surface area contributed by atoms with Gasteiger partial charge in [0.2, 0.25) is 0 Å². The summed E-state index contributed by atoms with van der Waals surface area (Å²) >= 11 is 0. The first-order chi connectivity index (χ1) is 4.38. The fraction of sp³-hybridized carbons (Fsp3) is 1.00. The molecule has 1 fully saturated rings. The predicted octanol–water partition coefficient (Wildman–Crippen LogP) is 0.0729. The van der Waals surface area contributed by atoms with Gasteiger partial charge in [-0.1, -0.05) is 0 Å². The molecular formula is C6H13NO. The normalized spacial score (nSPS) is 33.1. The van der Waals surface area contributed by atoms with E-state index in [1.807, 2.05) is 4.90 Å². The number of likely N-dealkylation sites (tertiary alicyclic amines) is 1. The Bertz CT molecular complexity index is 79.1. The molecule has 0 spiro atoms. The third-order valence-electron chi connectivity index (χ3n) is 1.71. The van der Waals surface area contributed by atoms with E-state index in [9.17, 15) is 0 Å². The van der Waals surface area contributed by atoms with Crippen LogP contribution in [0.3, 0.4) is 0 Å². The van der Waals surface area contributed by atoms with Gasteiger partial charge in [0.05, 0.1) is 6.61 Å². The van der Waals surface area contributed by atoms with Crippen molar-refractivity contribution in [3.63, 3.8) is 0 Å². The van der Waals surface area contributed by atoms with Gasteiger partial charge in [-0.15, -0.1) is 0 Å². The summed E-state index contributed by atoms with van der Waals surface area (Å²) in [5.41, 5.74) is 0. The van der Waals surface area contributed by atoms with Crippen LogP contribution in [-0.2, 0) is 0 Å². The van der Waals surface area contributed by atoms with Gasteiger partial charge in [0, 0.05) is 7.41 Å². The molecule has 1 N–H and O–H groups in total. The molecule has 0 radical (unpaired) electrons. The molecule has 0 aromatic rings. The summed E-state index contributed by atoms with van der Waals surface area (Å²) in [6.07, 6.45) is 2.21. The highest BCUT2D eigenvalue weighted by molar-refractivity contribution is 4.74. The second-order valence-corrected chi connectivity index (χ2v) is 2.29. The van der Waals surface area contributed by atoms with E-state index < -0.39 is 0 Å². The van der Waals surface area contributed by atoms with Crippen molar-refractivity contribution in [1.29, 1.82) is 0 Å². The Morgan fingerprint density at radius 2 is 2.88 bits per heavy atom. The highest BCUT2D eigenvalue weighted by Gasteiger charge is 2.18. The monoisotopic (exact) mass is 116 g/mol. The van der Waals surface area contributed by atoms with Crippen LogP contribution in [0.15, 0.2) is 0 Å². The Labute approximate surface area is 51.5 Å². The zero-order valence-corrected chi connectivity index (χ0v) is 5.01. The Hall–Kier alpha value is -0.0800. The number of likely N-dealkylation sites (N-methyl/N-ethyl adjacent to an activating group) is 1. The van der Waals surface area contributed by atoms with Crippen LogP contribution in [0, 0.1) is 0 Å². The largest absolute Gasteiger partial charge is 0.395 e. The average Bonchev–Trinajstić information content (AvgIpc) is 2.33. The first-order valence-electron chi connectivity index (χ1n) is 3.73. The molecule has 0 aliphatic carbocycles. The fourth-order valence-corrected chi connectivity index (χ4v) is 1.10. The summed E-state index contributed by atoms with van der Waals surface area (Å²) in [5.74, 6) is 0. The molecule has 2 heteroatoms. The first kappa shape index (κ1) is 4.77. The lowest BCUT2D eigenvalue weighted by molar-refractivity contribution is 0.182. The minimum absolute atomic E-state index is 0.221. The molecule has 48 valence electrons. The summed E-state index contributed by atoms with van der Waals surface area (Å²) < 4.78 is 7.05. The van der Waals surface area contributed by atoms with Gasteiger partial charge in [0.1, 0.15) is 0 Å². The lowest BCUT2D eigenvalue weighted by Gasteiger charge is -2.15. The molecule has 1 aliphatic rings. The molecule has 0 aromatic carbocycles. The highest BCUT2D eigenvalue weighted by atomic mass is 16.3. The van der Waals surface area contributed by atoms with Crippen LogP contribution >= 0.6 is 0 Å². The SMILES string of the molecule is [2H]CN1CCC[C@H]1CO. The van der Waals surface area contributed by atoms with Gasteiger partial charge in [-0.05, 0) is 26.4 Å². The van der Waals surface area contributed by atoms with Crippen molar-refractivity contribution in [2.24, 2.45) is 0 Å². The fourth-order valence-electron chi connectivity index (χ4n) is 1.10. The zero-order chi connectivity index (χ0) is 6.69. The van der Waals surface area contributed by atoms with Crippen molar-refractivity contribution in [2.45, 2.75) is 18.9 Å². The number of aliphatic hydroxyl groups excluding tert-OH is 1. The van der Waals surface area contributed by atoms with Gasteiger partial charge in [-0.3, -0.25) is 0 Å². The maximum Gasteiger partial charge on any atom is 0.0586 e. The van der Waals surface area contributed by atoms with E-state index in [4.69, 9.17) is 6.48 Å². The van der Waals surface area contributed by atoms with Crippen LogP contribution in [0.5, 0.6) is 0 Å². The maximum absolute atomic E-state index is 8.74. The average molecular weight is 116 g/mol. The minimum Gasteiger partial charge on any atom is -0.395 e. The van der Waals surface area contributed by atoms with Crippen LogP contribution < -0.4 is 0 Å². The topological polar surface area (TPSA) is 23.5 Å². The standard InChI is InChI=1S/C6H13NO/c1-7-4-2-3-6(7)5-8/h6,8H,2-5H2,1H3/t6-/m0/s1/i1D. The molecule has 8 heavy (non-hydrogen) atoms. The van der Waals surface area contributed by atoms with Gasteiger partial charge in [-0.25, -0.2) is 0 Å². The molecule has 1 atom stereocenters. The van der Waals surface area contributed by atoms with Crippen LogP contribution in [0.4, 0.5) is 0 Å². The van der Waals surface area contributed by atoms with Crippen molar-refractivity contribution in [3.8, 4) is 0 Å². The van der Waals surface area contributed by atoms with Gasteiger partial charge >= 0.3 is 0 Å². The number of hydrogen-bond acceptors (Lipinski definition) is 2. The molecule has 1 heterocycles. The van der Waals surface area contributed by atoms with Crippen molar-refractivity contribution in [2.75, 3.05) is 20.2 Å². The molecule has 2 nitrogen and oxygen atoms in total. The number of aliphatic hydroxyl groups is 1. The third-order valence-corrected chi connectivity index (χ3v) is 1.71. The van der Waals surface area contributed by atoms with E-state index in [-0.39, 0.29) is 12.6 Å². The third kappa shape index (κ3) is 1.01. The van der Waals surface area contributed by atoms with Gasteiger partial charge < -0.3 is 10.0 Å². The Balaban J connectivity index is 2.32. The second kappa shape index (κ2) is 2.46. The Kier molecular flexibility index (Phi) is 1.47. The van der Waals surface area contributed by atoms with Gasteiger partial charge in [0.15, 0.2) is 0 Å². The smallest absolute Gasteiger partial charge is 0.0586 e. The van der Waals surface area contributed by atoms with Crippen LogP contribution in [0.1, 0.15) is 14.2 Å². The maximum atomic E-state index is 8.74. The molecule has 0 saturated carbocycles. The highest BCUT2D eigenvalue weighted by Crippen LogP contribution is 2.12. The van der Waals surface area contributed by atoms with E-state index in [0.717, 1.165) is 19.4 Å². The van der Waals surface area contributed by atoms with E-state index in [0.29, 0.717) is 7.02 Å². The van der Waals surface area contributed by atoms with E-state index >= 15 is 0 Å². The summed E-state index contributed by atoms with van der Waals surface area (Å²) in [6.45, 7) is 1.22. The molecule has 1 aliphatic heterocycles. The summed E-state index contributed by atoms with van der Waals surface area (Å²) in [7, 11) is 0.339. The number of nitrogens with zero attached hydrogens (tertiary/aromatic N) is 1. The van der Waals surface area contributed by atoms with Crippen molar-refractivity contribution in [3.05, 3.63) is 0 Å². The Morgan fingerprint density at radius 1 is 2.00 bits per heavy atom. The molecular weight excluding hydrogens is 102 g/mol. The van der Waals surface area contributed by atoms with Crippen LogP contribution in [0.25, 0.3) is 0 Å². The predicted molar refractivity (Wildman–Crippen MR) is 32.7 cm³/mol. The first-order valence-corrected chi connectivity index (χ1v) is 3.02. The van der Waals surface area contributed by atoms with E-state index in [1.54, 1.807) is 0 Å². The molecule has 0 bridgehead atoms. The van der Waals surface area contributed by atoms with Crippen LogP contribution in [-0.4, -0.2) is 36.2 Å². The number of rotatable bonds is 1. The lowest BCUT2D eigenvalue weighted by atomic mass is 10.2. The lowest BCUT2D eigenvalue weighted by Crippen LogP contribution is -2.27. The minimum atomic E-state index is 0.221. The molecule has 0 aromatic heterocycles. The van der Waals surface area contributed by atoms with E-state index in [1.165, 1.54) is 0 Å². The molecule has 0 unspecified atom stereocenters. The molecule has 0 amide bonds. The van der Waals surface area contributed by atoms with Crippen molar-refractivity contribution >= 4 is 0 Å². The van der Waals surface area contributed by atoms with Gasteiger partial charge in [0.25, 0.3) is 0 Å². The van der Waals surface area contributed by atoms with E-state index in [2.05, 4.69) is 0 Å². The summed E-state index contributed by atoms with van der Waals surface area (Å²) in [5, 5.41) is 8.74. The molecule has 1 saturated heterocycles. The van der Waals surface area contributed by atoms with Gasteiger partial charge in [-0.2, -0.15) is 0 Å².